The summed E-state index contributed by atoms with van der Waals surface area (Å²) in [6.07, 6.45) is 2.85. The van der Waals surface area contributed by atoms with Gasteiger partial charge in [-0.05, 0) is 65.6 Å². The molecule has 0 aliphatic heterocycles. The Morgan fingerprint density at radius 1 is 1.26 bits per heavy atom. The predicted octanol–water partition coefficient (Wildman–Crippen LogP) is 4.42. The molecule has 0 atom stereocenters. The normalized spacial score (nSPS) is 10.8. The lowest BCUT2D eigenvalue weighted by Crippen LogP contribution is -2.22. The molecule has 3 rings (SSSR count). The molecule has 0 saturated heterocycles. The van der Waals surface area contributed by atoms with Gasteiger partial charge in [0.05, 0.1) is 5.56 Å². The number of esters is 1. The first-order chi connectivity index (χ1) is 14.9. The third kappa shape index (κ3) is 5.47. The zero-order valence-corrected chi connectivity index (χ0v) is 17.8. The van der Waals surface area contributed by atoms with Crippen LogP contribution in [0.15, 0.2) is 47.2 Å². The van der Waals surface area contributed by atoms with E-state index in [4.69, 9.17) is 4.74 Å². The molecule has 158 valence electrons. The molecule has 1 amide bonds. The first-order valence-electron chi connectivity index (χ1n) is 9.40. The number of benzene rings is 1. The lowest BCUT2D eigenvalue weighted by atomic mass is 10.2. The van der Waals surface area contributed by atoms with Crippen LogP contribution >= 0.6 is 11.3 Å². The Balaban J connectivity index is 1.71. The Bertz CT molecular complexity index is 1160. The minimum Gasteiger partial charge on any atom is -0.452 e. The largest absolute Gasteiger partial charge is 0.452 e. The predicted molar refractivity (Wildman–Crippen MR) is 117 cm³/mol. The van der Waals surface area contributed by atoms with Crippen LogP contribution in [-0.4, -0.2) is 23.1 Å². The van der Waals surface area contributed by atoms with Crippen LogP contribution < -0.4 is 5.32 Å². The fourth-order valence-corrected chi connectivity index (χ4v) is 3.62. The molecule has 0 bridgehead atoms. The Labute approximate surface area is 183 Å². The molecule has 6 nitrogen and oxygen atoms in total. The molecule has 0 saturated carbocycles. The summed E-state index contributed by atoms with van der Waals surface area (Å²) < 4.78 is 20.0. The molecule has 3 aromatic rings. The molecule has 0 unspecified atom stereocenters. The molecule has 2 aromatic heterocycles. The Morgan fingerprint density at radius 2 is 2.00 bits per heavy atom. The van der Waals surface area contributed by atoms with Crippen molar-refractivity contribution < 1.29 is 18.7 Å². The summed E-state index contributed by atoms with van der Waals surface area (Å²) in [5.41, 5.74) is 3.54. The molecule has 0 radical (unpaired) electrons. The van der Waals surface area contributed by atoms with E-state index in [2.05, 4.69) is 11.4 Å². The maximum absolute atomic E-state index is 13.2. The number of aromatic nitrogens is 1. The van der Waals surface area contributed by atoms with Crippen molar-refractivity contribution in [3.05, 3.63) is 80.9 Å². The molecular weight excluding hydrogens is 417 g/mol. The maximum atomic E-state index is 13.2. The number of ether oxygens (including phenoxy) is 1. The second-order valence-corrected chi connectivity index (χ2v) is 7.58. The molecule has 1 aromatic carbocycles. The summed E-state index contributed by atoms with van der Waals surface area (Å²) in [7, 11) is 0. The van der Waals surface area contributed by atoms with E-state index in [9.17, 15) is 19.2 Å². The minimum absolute atomic E-state index is 0.316. The molecule has 2 heterocycles. The molecule has 31 heavy (non-hydrogen) atoms. The van der Waals surface area contributed by atoms with E-state index in [1.807, 2.05) is 23.8 Å². The molecule has 1 N–H and O–H groups in total. The highest BCUT2D eigenvalue weighted by molar-refractivity contribution is 7.08. The number of hydrogen-bond acceptors (Lipinski definition) is 5. The SMILES string of the molecule is Cc1c(C#N)c(NC(=O)COC(=O)/C=C/c2ccsc2)n(Cc2ccc(F)cc2)c1C. The molecule has 0 spiro atoms. The quantitative estimate of drug-likeness (QED) is 0.438. The minimum atomic E-state index is -0.643. The van der Waals surface area contributed by atoms with Crippen molar-refractivity contribution in [2.45, 2.75) is 20.4 Å². The number of carbonyl (C=O) groups is 2. The number of anilines is 1. The lowest BCUT2D eigenvalue weighted by Gasteiger charge is -2.13. The first kappa shape index (κ1) is 22.0. The fraction of sp³-hybridized carbons (Fsp3) is 0.174. The van der Waals surface area contributed by atoms with Crippen molar-refractivity contribution in [1.82, 2.24) is 4.57 Å². The van der Waals surface area contributed by atoms with Crippen molar-refractivity contribution in [3.63, 3.8) is 0 Å². The summed E-state index contributed by atoms with van der Waals surface area (Å²) in [5, 5.41) is 16.0. The van der Waals surface area contributed by atoms with Gasteiger partial charge in [-0.1, -0.05) is 12.1 Å². The topological polar surface area (TPSA) is 84.1 Å². The highest BCUT2D eigenvalue weighted by Crippen LogP contribution is 2.27. The number of nitrogens with one attached hydrogen (secondary N) is 1. The summed E-state index contributed by atoms with van der Waals surface area (Å²) in [6, 6.07) is 9.96. The van der Waals surface area contributed by atoms with E-state index in [1.165, 1.54) is 29.5 Å². The standard InChI is InChI=1S/C23H20FN3O3S/c1-15-16(2)27(12-17-3-6-19(24)7-4-17)23(20(15)11-25)26-21(28)13-30-22(29)8-5-18-9-10-31-14-18/h3-10,14H,12-13H2,1-2H3,(H,26,28)/b8-5+. The van der Waals surface area contributed by atoms with Gasteiger partial charge < -0.3 is 14.6 Å². The van der Waals surface area contributed by atoms with Gasteiger partial charge in [-0.15, -0.1) is 0 Å². The zero-order valence-electron chi connectivity index (χ0n) is 17.0. The molecule has 0 aliphatic rings. The summed E-state index contributed by atoms with van der Waals surface area (Å²) >= 11 is 1.51. The van der Waals surface area contributed by atoms with Crippen LogP contribution in [0.25, 0.3) is 6.08 Å². The van der Waals surface area contributed by atoms with Gasteiger partial charge in [0.25, 0.3) is 5.91 Å². The van der Waals surface area contributed by atoms with Crippen LogP contribution in [0.2, 0.25) is 0 Å². The summed E-state index contributed by atoms with van der Waals surface area (Å²) in [4.78, 5) is 24.2. The van der Waals surface area contributed by atoms with Crippen LogP contribution in [-0.2, 0) is 20.9 Å². The number of thiophene rings is 1. The van der Waals surface area contributed by atoms with Gasteiger partial charge in [0.15, 0.2) is 6.61 Å². The van der Waals surface area contributed by atoms with Crippen LogP contribution in [0.1, 0.15) is 27.9 Å². The third-order valence-electron chi connectivity index (χ3n) is 4.75. The molecular formula is C23H20FN3O3S. The third-order valence-corrected chi connectivity index (χ3v) is 5.45. The van der Waals surface area contributed by atoms with Gasteiger partial charge >= 0.3 is 5.97 Å². The van der Waals surface area contributed by atoms with Crippen molar-refractivity contribution in [2.75, 3.05) is 11.9 Å². The number of nitriles is 1. The molecule has 8 heteroatoms. The van der Waals surface area contributed by atoms with Gasteiger partial charge in [-0.3, -0.25) is 4.79 Å². The monoisotopic (exact) mass is 437 g/mol. The average Bonchev–Trinajstić information content (AvgIpc) is 3.35. The van der Waals surface area contributed by atoms with Crippen LogP contribution in [0, 0.1) is 31.0 Å². The smallest absolute Gasteiger partial charge is 0.331 e. The van der Waals surface area contributed by atoms with Crippen LogP contribution in [0.5, 0.6) is 0 Å². The second-order valence-electron chi connectivity index (χ2n) is 6.80. The number of carbonyl (C=O) groups excluding carboxylic acids is 2. The van der Waals surface area contributed by atoms with E-state index in [1.54, 1.807) is 29.7 Å². The van der Waals surface area contributed by atoms with Crippen molar-refractivity contribution >= 4 is 35.1 Å². The number of nitrogens with zero attached hydrogens (tertiary/aromatic N) is 2. The van der Waals surface area contributed by atoms with Crippen LogP contribution in [0.3, 0.4) is 0 Å². The molecule has 0 aliphatic carbocycles. The first-order valence-corrected chi connectivity index (χ1v) is 10.3. The lowest BCUT2D eigenvalue weighted by molar-refractivity contribution is -0.142. The zero-order chi connectivity index (χ0) is 22.4. The Hall–Kier alpha value is -3.70. The maximum Gasteiger partial charge on any atom is 0.331 e. The number of hydrogen-bond donors (Lipinski definition) is 1. The van der Waals surface area contributed by atoms with Gasteiger partial charge in [-0.2, -0.15) is 16.6 Å². The van der Waals surface area contributed by atoms with Crippen molar-refractivity contribution in [1.29, 1.82) is 5.26 Å². The fourth-order valence-electron chi connectivity index (χ4n) is 2.99. The number of rotatable bonds is 7. The van der Waals surface area contributed by atoms with Gasteiger partial charge in [-0.25, -0.2) is 9.18 Å². The van der Waals surface area contributed by atoms with Crippen molar-refractivity contribution in [3.8, 4) is 6.07 Å². The van der Waals surface area contributed by atoms with E-state index < -0.39 is 18.5 Å². The van der Waals surface area contributed by atoms with Crippen molar-refractivity contribution in [2.24, 2.45) is 0 Å². The number of halogens is 1. The Morgan fingerprint density at radius 3 is 2.65 bits per heavy atom. The average molecular weight is 437 g/mol. The second kappa shape index (κ2) is 9.87. The van der Waals surface area contributed by atoms with E-state index in [0.717, 1.165) is 22.4 Å². The van der Waals surface area contributed by atoms with E-state index >= 15 is 0 Å². The van der Waals surface area contributed by atoms with Gasteiger partial charge in [0.2, 0.25) is 0 Å². The Kier molecular flexibility index (Phi) is 7.00. The van der Waals surface area contributed by atoms with Gasteiger partial charge in [0, 0.05) is 18.3 Å². The molecule has 0 fully saturated rings. The summed E-state index contributed by atoms with van der Waals surface area (Å²) in [6.45, 7) is 3.48. The highest BCUT2D eigenvalue weighted by Gasteiger charge is 2.20. The van der Waals surface area contributed by atoms with Gasteiger partial charge in [0.1, 0.15) is 17.7 Å². The van der Waals surface area contributed by atoms with E-state index in [-0.39, 0.29) is 5.82 Å². The highest BCUT2D eigenvalue weighted by atomic mass is 32.1. The van der Waals surface area contributed by atoms with E-state index in [0.29, 0.717) is 17.9 Å². The van der Waals surface area contributed by atoms with Crippen LogP contribution in [0.4, 0.5) is 10.2 Å². The summed E-state index contributed by atoms with van der Waals surface area (Å²) in [5.74, 6) is -1.23. The number of amides is 1.